The summed E-state index contributed by atoms with van der Waals surface area (Å²) in [5.74, 6) is 0.372. The lowest BCUT2D eigenvalue weighted by Crippen LogP contribution is -2.39. The maximum Gasteiger partial charge on any atom is 0.350 e. The summed E-state index contributed by atoms with van der Waals surface area (Å²) in [7, 11) is 1.74. The average Bonchev–Trinajstić information content (AvgIpc) is 3.27. The molecule has 0 aliphatic rings. The normalized spacial score (nSPS) is 13.3. The lowest BCUT2D eigenvalue weighted by Gasteiger charge is -2.16. The van der Waals surface area contributed by atoms with E-state index in [4.69, 9.17) is 9.72 Å². The van der Waals surface area contributed by atoms with Gasteiger partial charge in [0.1, 0.15) is 9.88 Å². The molecule has 2 aromatic heterocycles. The van der Waals surface area contributed by atoms with E-state index in [-0.39, 0.29) is 17.4 Å². The van der Waals surface area contributed by atoms with Crippen LogP contribution in [0.3, 0.4) is 0 Å². The van der Waals surface area contributed by atoms with Gasteiger partial charge in [-0.2, -0.15) is 0 Å². The van der Waals surface area contributed by atoms with Crippen molar-refractivity contribution in [3.05, 3.63) is 31.7 Å². The number of aromatic nitrogens is 2. The van der Waals surface area contributed by atoms with Gasteiger partial charge >= 0.3 is 5.97 Å². The molecule has 2 heterocycles. The van der Waals surface area contributed by atoms with Crippen molar-refractivity contribution in [3.63, 3.8) is 0 Å². The van der Waals surface area contributed by atoms with Gasteiger partial charge in [-0.05, 0) is 20.8 Å². The molecule has 1 atom stereocenters. The Morgan fingerprint density at radius 1 is 1.34 bits per heavy atom. The minimum absolute atomic E-state index is 0.0729. The first-order chi connectivity index (χ1) is 13.7. The van der Waals surface area contributed by atoms with Gasteiger partial charge in [-0.3, -0.25) is 4.99 Å². The quantitative estimate of drug-likeness (QED) is 0.389. The van der Waals surface area contributed by atoms with Crippen LogP contribution in [0, 0.1) is 6.92 Å². The molecule has 9 heteroatoms. The van der Waals surface area contributed by atoms with Crippen LogP contribution in [0.25, 0.3) is 0 Å². The molecule has 0 spiro atoms. The number of hydrogen-bond donors (Lipinski definition) is 2. The van der Waals surface area contributed by atoms with Crippen molar-refractivity contribution in [1.29, 1.82) is 0 Å². The molecule has 0 amide bonds. The van der Waals surface area contributed by atoms with E-state index in [1.165, 1.54) is 11.3 Å². The highest BCUT2D eigenvalue weighted by atomic mass is 32.1. The molecule has 0 aliphatic heterocycles. The molecular weight excluding hydrogens is 406 g/mol. The Morgan fingerprint density at radius 3 is 2.66 bits per heavy atom. The van der Waals surface area contributed by atoms with Gasteiger partial charge in [0.05, 0.1) is 29.0 Å². The average molecular weight is 438 g/mol. The van der Waals surface area contributed by atoms with Crippen LogP contribution in [0.4, 0.5) is 0 Å². The third-order valence-corrected chi connectivity index (χ3v) is 6.40. The molecule has 2 aromatic rings. The molecule has 0 bridgehead atoms. The van der Waals surface area contributed by atoms with Crippen LogP contribution in [0.15, 0.2) is 10.4 Å². The standard InChI is InChI=1S/C20H31N5O2S2/c1-8-27-18(26)16-12(2)23-17(29-16)13(3)24-19(21-7)22-10-9-15-25-14(11-28-15)20(4,5)6/h11,13H,8-10H2,1-7H3,(H2,21,22,24). The van der Waals surface area contributed by atoms with Crippen LogP contribution in [-0.2, 0) is 16.6 Å². The van der Waals surface area contributed by atoms with Gasteiger partial charge in [0.2, 0.25) is 0 Å². The summed E-state index contributed by atoms with van der Waals surface area (Å²) in [5, 5.41) is 10.7. The van der Waals surface area contributed by atoms with Gasteiger partial charge in [0, 0.05) is 30.8 Å². The molecule has 0 radical (unpaired) electrons. The summed E-state index contributed by atoms with van der Waals surface area (Å²) in [4.78, 5) is 26.1. The van der Waals surface area contributed by atoms with Crippen LogP contribution < -0.4 is 10.6 Å². The second kappa shape index (κ2) is 10.2. The maximum absolute atomic E-state index is 12.0. The first-order valence-electron chi connectivity index (χ1n) is 9.72. The van der Waals surface area contributed by atoms with Crippen LogP contribution >= 0.6 is 22.7 Å². The van der Waals surface area contributed by atoms with Crippen molar-refractivity contribution < 1.29 is 9.53 Å². The van der Waals surface area contributed by atoms with Gasteiger partial charge < -0.3 is 15.4 Å². The predicted octanol–water partition coefficient (Wildman–Crippen LogP) is 3.85. The number of nitrogens with one attached hydrogen (secondary N) is 2. The van der Waals surface area contributed by atoms with E-state index in [2.05, 4.69) is 46.8 Å². The number of guanidine groups is 1. The maximum atomic E-state index is 12.0. The number of aliphatic imine (C=N–C) groups is 1. The summed E-state index contributed by atoms with van der Waals surface area (Å²) < 4.78 is 5.09. The zero-order valence-electron chi connectivity index (χ0n) is 18.3. The van der Waals surface area contributed by atoms with Crippen molar-refractivity contribution in [2.75, 3.05) is 20.2 Å². The molecule has 160 valence electrons. The van der Waals surface area contributed by atoms with E-state index in [1.54, 1.807) is 25.3 Å². The molecule has 7 nitrogen and oxygen atoms in total. The van der Waals surface area contributed by atoms with Crippen molar-refractivity contribution in [2.45, 2.75) is 59.4 Å². The third-order valence-electron chi connectivity index (χ3n) is 4.17. The fourth-order valence-electron chi connectivity index (χ4n) is 2.51. The monoisotopic (exact) mass is 437 g/mol. The molecule has 0 saturated carbocycles. The molecule has 0 saturated heterocycles. The van der Waals surface area contributed by atoms with Crippen LogP contribution in [0.2, 0.25) is 0 Å². The summed E-state index contributed by atoms with van der Waals surface area (Å²) >= 11 is 3.05. The highest BCUT2D eigenvalue weighted by Crippen LogP contribution is 2.25. The summed E-state index contributed by atoms with van der Waals surface area (Å²) in [6, 6.07) is -0.0829. The zero-order valence-corrected chi connectivity index (χ0v) is 19.9. The van der Waals surface area contributed by atoms with Crippen LogP contribution in [0.5, 0.6) is 0 Å². The van der Waals surface area contributed by atoms with E-state index in [9.17, 15) is 4.79 Å². The number of hydrogen-bond acceptors (Lipinski definition) is 7. The minimum atomic E-state index is -0.318. The molecule has 0 aromatic carbocycles. The number of thiazole rings is 2. The van der Waals surface area contributed by atoms with E-state index in [0.29, 0.717) is 23.1 Å². The number of aryl methyl sites for hydroxylation is 1. The molecule has 0 aliphatic carbocycles. The fraction of sp³-hybridized carbons (Fsp3) is 0.600. The van der Waals surface area contributed by atoms with Gasteiger partial charge in [0.25, 0.3) is 0 Å². The molecule has 2 N–H and O–H groups in total. The van der Waals surface area contributed by atoms with Gasteiger partial charge in [-0.1, -0.05) is 20.8 Å². The van der Waals surface area contributed by atoms with Crippen molar-refractivity contribution in [3.8, 4) is 0 Å². The SMILES string of the molecule is CCOC(=O)c1sc(C(C)NC(=NC)NCCc2nc(C(C)(C)C)cs2)nc1C. The first kappa shape index (κ1) is 23.3. The Balaban J connectivity index is 1.90. The molecule has 1 unspecified atom stereocenters. The van der Waals surface area contributed by atoms with Crippen molar-refractivity contribution in [2.24, 2.45) is 4.99 Å². The molecular formula is C20H31N5O2S2. The van der Waals surface area contributed by atoms with E-state index < -0.39 is 0 Å². The van der Waals surface area contributed by atoms with Crippen LogP contribution in [-0.4, -0.2) is 42.1 Å². The Morgan fingerprint density at radius 2 is 2.07 bits per heavy atom. The van der Waals surface area contributed by atoms with E-state index in [0.717, 1.165) is 28.7 Å². The largest absolute Gasteiger partial charge is 0.462 e. The third kappa shape index (κ3) is 6.50. The smallest absolute Gasteiger partial charge is 0.350 e. The Hall–Kier alpha value is -2.00. The molecule has 0 fully saturated rings. The van der Waals surface area contributed by atoms with Gasteiger partial charge in [-0.15, -0.1) is 22.7 Å². The lowest BCUT2D eigenvalue weighted by molar-refractivity contribution is 0.0531. The first-order valence-corrected chi connectivity index (χ1v) is 11.4. The number of ether oxygens (including phenoxy) is 1. The van der Waals surface area contributed by atoms with Crippen molar-refractivity contribution >= 4 is 34.6 Å². The second-order valence-corrected chi connectivity index (χ2v) is 9.65. The highest BCUT2D eigenvalue weighted by molar-refractivity contribution is 7.13. The summed E-state index contributed by atoms with van der Waals surface area (Å²) in [6.45, 7) is 13.2. The summed E-state index contributed by atoms with van der Waals surface area (Å²) in [6.07, 6.45) is 0.833. The van der Waals surface area contributed by atoms with Crippen LogP contribution in [0.1, 0.15) is 71.7 Å². The number of carbonyl (C=O) groups excluding carboxylic acids is 1. The molecule has 2 rings (SSSR count). The number of nitrogens with zero attached hydrogens (tertiary/aromatic N) is 3. The predicted molar refractivity (Wildman–Crippen MR) is 120 cm³/mol. The number of esters is 1. The minimum Gasteiger partial charge on any atom is -0.462 e. The molecule has 29 heavy (non-hydrogen) atoms. The Labute approximate surface area is 181 Å². The number of carbonyl (C=O) groups is 1. The topological polar surface area (TPSA) is 88.5 Å². The van der Waals surface area contributed by atoms with Crippen molar-refractivity contribution in [1.82, 2.24) is 20.6 Å². The van der Waals surface area contributed by atoms with E-state index in [1.807, 2.05) is 13.8 Å². The van der Waals surface area contributed by atoms with Gasteiger partial charge in [0.15, 0.2) is 5.96 Å². The highest BCUT2D eigenvalue weighted by Gasteiger charge is 2.20. The van der Waals surface area contributed by atoms with E-state index >= 15 is 0 Å². The van der Waals surface area contributed by atoms with Gasteiger partial charge in [-0.25, -0.2) is 14.8 Å². The second-order valence-electron chi connectivity index (χ2n) is 7.68. The lowest BCUT2D eigenvalue weighted by atomic mass is 9.93. The Bertz CT molecular complexity index is 851. The Kier molecular flexibility index (Phi) is 8.15. The fourth-order valence-corrected chi connectivity index (χ4v) is 4.50. The number of rotatable bonds is 7. The zero-order chi connectivity index (χ0) is 21.6. The summed E-state index contributed by atoms with van der Waals surface area (Å²) in [5.41, 5.74) is 1.90.